The molecule has 8 rings (SSSR count). The van der Waals surface area contributed by atoms with Crippen LogP contribution in [-0.4, -0.2) is 10.1 Å². The Morgan fingerprint density at radius 3 is 1.27 bits per heavy atom. The number of hydrogen-bond acceptors (Lipinski definition) is 0. The minimum atomic E-state index is -2.74. The number of allylic oxidation sites excluding steroid dienone is 2. The average Bonchev–Trinajstić information content (AvgIpc) is 3.56. The Kier molecular flexibility index (Phi) is 9.23. The largest absolute Gasteiger partial charge is 1.00 e. The van der Waals surface area contributed by atoms with Gasteiger partial charge in [-0.3, -0.25) is 0 Å². The molecule has 2 unspecified atom stereocenters. The Morgan fingerprint density at radius 1 is 0.455 bits per heavy atom. The molecule has 6 aromatic carbocycles. The fraction of sp³-hybridized carbons (Fsp3) is 0.100. The van der Waals surface area contributed by atoms with E-state index in [4.69, 9.17) is 0 Å². The standard InChI is InChI=1S/2C14H11.C12H10Ge.2ClH.Hf/c2*1-10-8-12-7-6-11-4-2-3-5-13(11)14(12)9-10;1-3-7-11(8-4-1)13-12-9-5-2-6-10-12;;;/h2*2-9H,1H3;1-10H;2*1H;/q;;;;;+2/p-2. The molecular weight excluding hydrogens is 802 g/mol. The maximum atomic E-state index is 2.56. The average molecular weight is 835 g/mol. The van der Waals surface area contributed by atoms with Crippen molar-refractivity contribution >= 4 is 52.5 Å². The molecule has 0 bridgehead atoms. The van der Waals surface area contributed by atoms with E-state index < -0.39 is 28.4 Å². The van der Waals surface area contributed by atoms with E-state index in [1.807, 2.05) is 0 Å². The molecule has 0 amide bonds. The number of hydrogen-bond donors (Lipinski definition) is 0. The van der Waals surface area contributed by atoms with Crippen molar-refractivity contribution in [1.29, 1.82) is 0 Å². The summed E-state index contributed by atoms with van der Waals surface area (Å²) in [5, 5.41) is 5.52. The second kappa shape index (κ2) is 13.0. The molecule has 0 heterocycles. The summed E-state index contributed by atoms with van der Waals surface area (Å²) in [4.78, 5) is 0. The van der Waals surface area contributed by atoms with Gasteiger partial charge in [-0.2, -0.15) is 0 Å². The van der Waals surface area contributed by atoms with E-state index in [0.29, 0.717) is 7.35 Å². The molecule has 2 aliphatic carbocycles. The summed E-state index contributed by atoms with van der Waals surface area (Å²) in [6, 6.07) is 51.1. The van der Waals surface area contributed by atoms with Crippen LogP contribution in [0.1, 0.15) is 43.5 Å². The van der Waals surface area contributed by atoms with Crippen molar-refractivity contribution in [2.24, 2.45) is 0 Å². The van der Waals surface area contributed by atoms with E-state index >= 15 is 0 Å². The predicted molar refractivity (Wildman–Crippen MR) is 179 cm³/mol. The zero-order chi connectivity index (χ0) is 28.2. The fourth-order valence-electron chi connectivity index (χ4n) is 7.55. The van der Waals surface area contributed by atoms with Crippen molar-refractivity contribution in [3.63, 3.8) is 0 Å². The second-order valence-corrected chi connectivity index (χ2v) is 42.4. The number of rotatable bonds is 4. The van der Waals surface area contributed by atoms with Crippen LogP contribution in [0.3, 0.4) is 0 Å². The quantitative estimate of drug-likeness (QED) is 0.240. The molecule has 0 aromatic heterocycles. The van der Waals surface area contributed by atoms with Gasteiger partial charge < -0.3 is 24.8 Å². The van der Waals surface area contributed by atoms with Crippen molar-refractivity contribution < 1.29 is 43.2 Å². The van der Waals surface area contributed by atoms with E-state index in [0.717, 1.165) is 0 Å². The van der Waals surface area contributed by atoms with Crippen LogP contribution in [0.4, 0.5) is 0 Å². The van der Waals surface area contributed by atoms with Gasteiger partial charge >= 0.3 is 259 Å². The summed E-state index contributed by atoms with van der Waals surface area (Å²) in [5.41, 5.74) is 9.37. The van der Waals surface area contributed by atoms with Gasteiger partial charge in [-0.05, 0) is 0 Å². The molecule has 0 aliphatic heterocycles. The first-order valence-electron chi connectivity index (χ1n) is 14.9. The summed E-state index contributed by atoms with van der Waals surface area (Å²) in [7, 11) is -1.96. The molecule has 0 radical (unpaired) electrons. The minimum Gasteiger partial charge on any atom is -1.00 e. The number of fused-ring (bicyclic) bond motifs is 6. The molecule has 0 saturated carbocycles. The second-order valence-electron chi connectivity index (χ2n) is 11.8. The predicted octanol–water partition coefficient (Wildman–Crippen LogP) is 3.04. The van der Waals surface area contributed by atoms with Crippen LogP contribution < -0.4 is 33.6 Å². The third-order valence-electron chi connectivity index (χ3n) is 9.32. The van der Waals surface area contributed by atoms with E-state index in [2.05, 4.69) is 159 Å². The van der Waals surface area contributed by atoms with Gasteiger partial charge in [0.1, 0.15) is 0 Å². The van der Waals surface area contributed by atoms with Gasteiger partial charge in [-0.25, -0.2) is 0 Å². The third kappa shape index (κ3) is 5.20. The van der Waals surface area contributed by atoms with Gasteiger partial charge in [0.25, 0.3) is 0 Å². The molecule has 2 aliphatic rings. The fourth-order valence-corrected chi connectivity index (χ4v) is 65.2. The molecular formula is C40H32Cl2GeHf. The van der Waals surface area contributed by atoms with Crippen LogP contribution in [0.25, 0.3) is 33.7 Å². The molecule has 0 saturated heterocycles. The molecule has 214 valence electrons. The SMILES string of the molecule is CC1=Cc2c(ccc3ccccc23)[CH]1[Hf+2]([CH]1C(C)=Cc2c1ccc1ccccc21)=[Ge]([c]1ccccc1)[c]1ccccc1.[Cl-].[Cl-]. The van der Waals surface area contributed by atoms with Crippen molar-refractivity contribution in [3.8, 4) is 0 Å². The topological polar surface area (TPSA) is 0 Å². The third-order valence-corrected chi connectivity index (χ3v) is 55.8. The molecule has 44 heavy (non-hydrogen) atoms. The molecule has 0 N–H and O–H groups in total. The monoisotopic (exact) mass is 836 g/mol. The summed E-state index contributed by atoms with van der Waals surface area (Å²) in [5.74, 6) is 0. The summed E-state index contributed by atoms with van der Waals surface area (Å²) in [6.07, 6.45) is 5.13. The van der Waals surface area contributed by atoms with E-state index in [1.54, 1.807) is 31.1 Å². The van der Waals surface area contributed by atoms with Crippen molar-refractivity contribution in [1.82, 2.24) is 0 Å². The molecule has 6 aromatic rings. The van der Waals surface area contributed by atoms with E-state index in [-0.39, 0.29) is 24.8 Å². The minimum absolute atomic E-state index is 0. The molecule has 0 spiro atoms. The van der Waals surface area contributed by atoms with Crippen LogP contribution in [-0.2, 0) is 18.3 Å². The van der Waals surface area contributed by atoms with Crippen molar-refractivity contribution in [2.75, 3.05) is 0 Å². The number of benzene rings is 6. The maximum absolute atomic E-state index is 2.74. The van der Waals surface area contributed by atoms with Gasteiger partial charge in [-0.1, -0.05) is 0 Å². The summed E-state index contributed by atoms with van der Waals surface area (Å²) in [6.45, 7) is 4.90. The van der Waals surface area contributed by atoms with Gasteiger partial charge in [0.15, 0.2) is 0 Å². The molecule has 2 atom stereocenters. The van der Waals surface area contributed by atoms with Crippen molar-refractivity contribution in [3.05, 3.63) is 167 Å². The number of halogens is 2. The molecule has 0 fully saturated rings. The Hall–Kier alpha value is -2.69. The molecule has 4 heteroatoms. The Morgan fingerprint density at radius 2 is 0.841 bits per heavy atom. The van der Waals surface area contributed by atoms with Crippen LogP contribution in [0, 0.1) is 0 Å². The van der Waals surface area contributed by atoms with E-state index in [9.17, 15) is 0 Å². The smallest absolute Gasteiger partial charge is 1.00 e. The van der Waals surface area contributed by atoms with Crippen LogP contribution in [0.2, 0.25) is 0 Å². The van der Waals surface area contributed by atoms with Gasteiger partial charge in [-0.15, -0.1) is 0 Å². The molecule has 0 nitrogen and oxygen atoms in total. The Labute approximate surface area is 281 Å². The van der Waals surface area contributed by atoms with Gasteiger partial charge in [0, 0.05) is 0 Å². The van der Waals surface area contributed by atoms with E-state index in [1.165, 1.54) is 32.7 Å². The zero-order valence-corrected chi connectivity index (χ0v) is 32.0. The maximum Gasteiger partial charge on any atom is -1.00 e. The summed E-state index contributed by atoms with van der Waals surface area (Å²) >= 11 is -2.74. The summed E-state index contributed by atoms with van der Waals surface area (Å²) < 4.78 is 4.46. The first-order valence-corrected chi connectivity index (χ1v) is 31.6. The first-order chi connectivity index (χ1) is 20.7. The van der Waals surface area contributed by atoms with Crippen LogP contribution >= 0.6 is 0 Å². The Bertz CT molecular complexity index is 1960. The normalized spacial score (nSPS) is 16.1. The van der Waals surface area contributed by atoms with Gasteiger partial charge in [0.2, 0.25) is 0 Å². The van der Waals surface area contributed by atoms with Crippen molar-refractivity contribution in [2.45, 2.75) is 21.2 Å². The van der Waals surface area contributed by atoms with Gasteiger partial charge in [0.05, 0.1) is 0 Å². The zero-order valence-electron chi connectivity index (χ0n) is 24.8. The Balaban J connectivity index is 0.00000171. The van der Waals surface area contributed by atoms with Crippen LogP contribution in [0.5, 0.6) is 0 Å². The first kappa shape index (κ1) is 31.3. The van der Waals surface area contributed by atoms with Crippen LogP contribution in [0.15, 0.2) is 145 Å².